The van der Waals surface area contributed by atoms with E-state index in [2.05, 4.69) is 5.32 Å². The van der Waals surface area contributed by atoms with Crippen molar-refractivity contribution in [3.63, 3.8) is 0 Å². The Morgan fingerprint density at radius 2 is 2.26 bits per heavy atom. The molecular weight excluding hydrogens is 252 g/mol. The summed E-state index contributed by atoms with van der Waals surface area (Å²) in [4.78, 5) is 21.6. The Bertz CT molecular complexity index is 475. The Hall–Kier alpha value is -2.15. The van der Waals surface area contributed by atoms with Gasteiger partial charge in [0.25, 0.3) is 5.69 Å². The minimum absolute atomic E-state index is 0.0317. The van der Waals surface area contributed by atoms with Crippen molar-refractivity contribution in [1.29, 1.82) is 0 Å². The number of nitro benzene ring substituents is 1. The van der Waals surface area contributed by atoms with Crippen molar-refractivity contribution in [2.75, 3.05) is 12.4 Å². The molecule has 0 heterocycles. The molecule has 1 rings (SSSR count). The number of non-ortho nitro benzene ring substituents is 1. The van der Waals surface area contributed by atoms with Crippen molar-refractivity contribution < 1.29 is 19.6 Å². The number of phenols is 1. The normalized spacial score (nSPS) is 11.9. The Labute approximate surface area is 110 Å². The number of carbonyl (C=O) groups is 1. The van der Waals surface area contributed by atoms with E-state index in [9.17, 15) is 20.0 Å². The van der Waals surface area contributed by atoms with E-state index in [4.69, 9.17) is 4.74 Å². The molecule has 1 atom stereocenters. The highest BCUT2D eigenvalue weighted by Gasteiger charge is 2.13. The largest absolute Gasteiger partial charge is 0.506 e. The van der Waals surface area contributed by atoms with Gasteiger partial charge in [0.15, 0.2) is 0 Å². The van der Waals surface area contributed by atoms with Crippen LogP contribution < -0.4 is 5.32 Å². The lowest BCUT2D eigenvalue weighted by molar-refractivity contribution is -0.384. The summed E-state index contributed by atoms with van der Waals surface area (Å²) >= 11 is 0. The minimum atomic E-state index is -0.595. The second-order valence-electron chi connectivity index (χ2n) is 4.09. The molecule has 104 valence electrons. The van der Waals surface area contributed by atoms with Crippen LogP contribution in [0, 0.1) is 10.1 Å². The molecule has 0 saturated carbocycles. The SMILES string of the molecule is COC(C)CCC(=O)Nc1cc([N+](=O)[O-])ccc1O. The molecule has 0 aliphatic rings. The molecule has 7 heteroatoms. The number of nitrogens with one attached hydrogen (secondary N) is 1. The fourth-order valence-corrected chi connectivity index (χ4v) is 1.40. The van der Waals surface area contributed by atoms with E-state index in [1.807, 2.05) is 6.92 Å². The highest BCUT2D eigenvalue weighted by Crippen LogP contribution is 2.27. The Morgan fingerprint density at radius 3 is 2.84 bits per heavy atom. The summed E-state index contributed by atoms with van der Waals surface area (Å²) in [7, 11) is 1.55. The molecule has 1 aromatic carbocycles. The third-order valence-corrected chi connectivity index (χ3v) is 2.65. The first kappa shape index (κ1) is 14.9. The zero-order chi connectivity index (χ0) is 14.4. The molecular formula is C12H16N2O5. The molecule has 0 aliphatic heterocycles. The van der Waals surface area contributed by atoms with E-state index >= 15 is 0 Å². The fourth-order valence-electron chi connectivity index (χ4n) is 1.40. The first-order valence-electron chi connectivity index (χ1n) is 5.74. The van der Waals surface area contributed by atoms with Gasteiger partial charge in [-0.25, -0.2) is 0 Å². The highest BCUT2D eigenvalue weighted by atomic mass is 16.6. The lowest BCUT2D eigenvalue weighted by atomic mass is 10.2. The van der Waals surface area contributed by atoms with E-state index in [1.54, 1.807) is 7.11 Å². The summed E-state index contributed by atoms with van der Waals surface area (Å²) in [6, 6.07) is 3.45. The molecule has 0 aromatic heterocycles. The van der Waals surface area contributed by atoms with Gasteiger partial charge >= 0.3 is 0 Å². The van der Waals surface area contributed by atoms with Gasteiger partial charge in [-0.2, -0.15) is 0 Å². The van der Waals surface area contributed by atoms with E-state index in [0.717, 1.165) is 12.1 Å². The molecule has 1 aromatic rings. The van der Waals surface area contributed by atoms with Crippen LogP contribution in [-0.2, 0) is 9.53 Å². The highest BCUT2D eigenvalue weighted by molar-refractivity contribution is 5.92. The van der Waals surface area contributed by atoms with Crippen LogP contribution in [0.25, 0.3) is 0 Å². The first-order chi connectivity index (χ1) is 8.93. The maximum Gasteiger partial charge on any atom is 0.271 e. The zero-order valence-corrected chi connectivity index (χ0v) is 10.8. The van der Waals surface area contributed by atoms with E-state index in [-0.39, 0.29) is 35.6 Å². The number of anilines is 1. The van der Waals surface area contributed by atoms with Crippen molar-refractivity contribution in [2.24, 2.45) is 0 Å². The van der Waals surface area contributed by atoms with Crippen LogP contribution in [-0.4, -0.2) is 29.2 Å². The maximum atomic E-state index is 11.6. The Kier molecular flexibility index (Phi) is 5.25. The number of hydrogen-bond donors (Lipinski definition) is 2. The molecule has 0 radical (unpaired) electrons. The second kappa shape index (κ2) is 6.69. The van der Waals surface area contributed by atoms with E-state index < -0.39 is 4.92 Å². The number of benzene rings is 1. The van der Waals surface area contributed by atoms with E-state index in [1.165, 1.54) is 6.07 Å². The molecule has 0 aliphatic carbocycles. The van der Waals surface area contributed by atoms with Crippen LogP contribution in [0.1, 0.15) is 19.8 Å². The van der Waals surface area contributed by atoms with Crippen molar-refractivity contribution >= 4 is 17.3 Å². The lowest BCUT2D eigenvalue weighted by Gasteiger charge is -2.10. The molecule has 0 fully saturated rings. The van der Waals surface area contributed by atoms with Crippen LogP contribution >= 0.6 is 0 Å². The number of carbonyl (C=O) groups excluding carboxylic acids is 1. The Morgan fingerprint density at radius 1 is 1.58 bits per heavy atom. The number of hydrogen-bond acceptors (Lipinski definition) is 5. The number of ether oxygens (including phenoxy) is 1. The van der Waals surface area contributed by atoms with Gasteiger partial charge in [0.2, 0.25) is 5.91 Å². The fraction of sp³-hybridized carbons (Fsp3) is 0.417. The molecule has 19 heavy (non-hydrogen) atoms. The number of nitro groups is 1. The van der Waals surface area contributed by atoms with Crippen molar-refractivity contribution in [3.05, 3.63) is 28.3 Å². The summed E-state index contributed by atoms with van der Waals surface area (Å²) in [6.07, 6.45) is 0.680. The van der Waals surface area contributed by atoms with Crippen LogP contribution in [0.5, 0.6) is 5.75 Å². The third-order valence-electron chi connectivity index (χ3n) is 2.65. The smallest absolute Gasteiger partial charge is 0.271 e. The van der Waals surface area contributed by atoms with Crippen LogP contribution in [0.3, 0.4) is 0 Å². The predicted octanol–water partition coefficient (Wildman–Crippen LogP) is 2.05. The lowest BCUT2D eigenvalue weighted by Crippen LogP contribution is -2.15. The van der Waals surface area contributed by atoms with Crippen LogP contribution in [0.2, 0.25) is 0 Å². The van der Waals surface area contributed by atoms with Gasteiger partial charge in [0, 0.05) is 25.7 Å². The molecule has 7 nitrogen and oxygen atoms in total. The summed E-state index contributed by atoms with van der Waals surface area (Å²) in [5, 5.41) is 22.6. The van der Waals surface area contributed by atoms with E-state index in [0.29, 0.717) is 6.42 Å². The quantitative estimate of drug-likeness (QED) is 0.467. The third kappa shape index (κ3) is 4.55. The van der Waals surface area contributed by atoms with Gasteiger partial charge in [0.05, 0.1) is 16.7 Å². The predicted molar refractivity (Wildman–Crippen MR) is 69.1 cm³/mol. The maximum absolute atomic E-state index is 11.6. The zero-order valence-electron chi connectivity index (χ0n) is 10.8. The standard InChI is InChI=1S/C12H16N2O5/c1-8(19-2)3-6-12(16)13-10-7-9(14(17)18)4-5-11(10)15/h4-5,7-8,15H,3,6H2,1-2H3,(H,13,16). The van der Waals surface area contributed by atoms with Crippen LogP contribution in [0.4, 0.5) is 11.4 Å². The number of amides is 1. The van der Waals surface area contributed by atoms with Gasteiger partial charge in [-0.3, -0.25) is 14.9 Å². The molecule has 1 amide bonds. The van der Waals surface area contributed by atoms with Crippen molar-refractivity contribution in [1.82, 2.24) is 0 Å². The summed E-state index contributed by atoms with van der Waals surface area (Å²) in [6.45, 7) is 1.83. The number of aromatic hydroxyl groups is 1. The second-order valence-corrected chi connectivity index (χ2v) is 4.09. The average Bonchev–Trinajstić information content (AvgIpc) is 2.38. The number of nitrogens with zero attached hydrogens (tertiary/aromatic N) is 1. The molecule has 0 bridgehead atoms. The number of rotatable bonds is 6. The topological polar surface area (TPSA) is 102 Å². The summed E-state index contributed by atoms with van der Waals surface area (Å²) in [5.41, 5.74) is -0.164. The molecule has 0 saturated heterocycles. The summed E-state index contributed by atoms with van der Waals surface area (Å²) < 4.78 is 5.01. The Balaban J connectivity index is 2.68. The number of methoxy groups -OCH3 is 1. The van der Waals surface area contributed by atoms with Crippen molar-refractivity contribution in [3.8, 4) is 5.75 Å². The van der Waals surface area contributed by atoms with Gasteiger partial charge in [-0.15, -0.1) is 0 Å². The average molecular weight is 268 g/mol. The van der Waals surface area contributed by atoms with Gasteiger partial charge < -0.3 is 15.2 Å². The van der Waals surface area contributed by atoms with Gasteiger partial charge in [-0.1, -0.05) is 0 Å². The van der Waals surface area contributed by atoms with Crippen LogP contribution in [0.15, 0.2) is 18.2 Å². The molecule has 1 unspecified atom stereocenters. The monoisotopic (exact) mass is 268 g/mol. The molecule has 0 spiro atoms. The van der Waals surface area contributed by atoms with Crippen molar-refractivity contribution in [2.45, 2.75) is 25.9 Å². The number of phenolic OH excluding ortho intramolecular Hbond substituents is 1. The minimum Gasteiger partial charge on any atom is -0.506 e. The molecule has 2 N–H and O–H groups in total. The first-order valence-corrected chi connectivity index (χ1v) is 5.74. The van der Waals surface area contributed by atoms with Gasteiger partial charge in [-0.05, 0) is 19.4 Å². The summed E-state index contributed by atoms with van der Waals surface area (Å²) in [5.74, 6) is -0.543. The van der Waals surface area contributed by atoms with Gasteiger partial charge in [0.1, 0.15) is 5.75 Å².